The summed E-state index contributed by atoms with van der Waals surface area (Å²) in [5, 5.41) is 12.6. The van der Waals surface area contributed by atoms with Crippen molar-refractivity contribution in [3.8, 4) is 22.6 Å². The van der Waals surface area contributed by atoms with Crippen molar-refractivity contribution in [2.24, 2.45) is 7.05 Å². The zero-order valence-electron chi connectivity index (χ0n) is 26.2. The fraction of sp³-hybridized carbons (Fsp3) is 0.516. The minimum atomic E-state index is -0.134. The SMILES string of the molecule is COCC(=O)N(c1cnc(-c2cnn(C)c2)cn1)C1CCC(Nc2ncc(C(C)(C)C)c(-c3ccn(C(C)C)n3)n2)CC1. The summed E-state index contributed by atoms with van der Waals surface area (Å²) >= 11 is 0. The largest absolute Gasteiger partial charge is 0.375 e. The lowest BCUT2D eigenvalue weighted by Gasteiger charge is -2.36. The number of hydrogen-bond acceptors (Lipinski definition) is 9. The molecule has 1 saturated carbocycles. The molecule has 4 aromatic heterocycles. The first-order valence-corrected chi connectivity index (χ1v) is 14.8. The second kappa shape index (κ2) is 12.6. The lowest BCUT2D eigenvalue weighted by Crippen LogP contribution is -2.46. The van der Waals surface area contributed by atoms with E-state index in [0.717, 1.165) is 48.2 Å². The van der Waals surface area contributed by atoms with Crippen LogP contribution >= 0.6 is 0 Å². The Kier molecular flexibility index (Phi) is 8.86. The van der Waals surface area contributed by atoms with Gasteiger partial charge in [0.2, 0.25) is 5.95 Å². The molecule has 1 aliphatic rings. The minimum absolute atomic E-state index is 0.0148. The van der Waals surface area contributed by atoms with Gasteiger partial charge in [-0.2, -0.15) is 10.2 Å². The van der Waals surface area contributed by atoms with Gasteiger partial charge >= 0.3 is 0 Å². The van der Waals surface area contributed by atoms with E-state index >= 15 is 0 Å². The van der Waals surface area contributed by atoms with Gasteiger partial charge in [0.1, 0.15) is 12.3 Å². The quantitative estimate of drug-likeness (QED) is 0.294. The van der Waals surface area contributed by atoms with E-state index in [2.05, 4.69) is 55.0 Å². The maximum Gasteiger partial charge on any atom is 0.254 e. The summed E-state index contributed by atoms with van der Waals surface area (Å²) in [6.07, 6.45) is 14.2. The molecule has 0 radical (unpaired) electrons. The Labute approximate surface area is 252 Å². The highest BCUT2D eigenvalue weighted by atomic mass is 16.5. The predicted octanol–water partition coefficient (Wildman–Crippen LogP) is 4.81. The summed E-state index contributed by atoms with van der Waals surface area (Å²) in [6.45, 7) is 10.7. The summed E-state index contributed by atoms with van der Waals surface area (Å²) in [7, 11) is 3.39. The lowest BCUT2D eigenvalue weighted by atomic mass is 9.86. The molecule has 5 rings (SSSR count). The number of nitrogens with zero attached hydrogens (tertiary/aromatic N) is 9. The van der Waals surface area contributed by atoms with Gasteiger partial charge in [0.25, 0.3) is 5.91 Å². The molecule has 12 heteroatoms. The van der Waals surface area contributed by atoms with E-state index in [-0.39, 0.29) is 36.1 Å². The number of methoxy groups -OCH3 is 1. The molecule has 1 N–H and O–H groups in total. The van der Waals surface area contributed by atoms with E-state index in [1.807, 2.05) is 36.4 Å². The van der Waals surface area contributed by atoms with Gasteiger partial charge in [-0.25, -0.2) is 15.0 Å². The molecule has 0 spiro atoms. The van der Waals surface area contributed by atoms with Crippen LogP contribution in [-0.2, 0) is 22.0 Å². The first-order valence-electron chi connectivity index (χ1n) is 14.8. The standard InChI is InChI=1S/C31H42N10O2/c1-20(2)40-13-12-25(38-40)29-24(31(3,4)5)15-34-30(37-29)36-22-8-10-23(11-9-22)41(28(42)19-43-7)27-17-32-26(16-33-27)21-14-35-39(6)18-21/h12-18,20,22-23H,8-11,19H2,1-7H3,(H,34,36,37). The molecule has 1 amide bonds. The fourth-order valence-electron chi connectivity index (χ4n) is 5.47. The summed E-state index contributed by atoms with van der Waals surface area (Å²) < 4.78 is 8.87. The molecule has 4 heterocycles. The average molecular weight is 587 g/mol. The number of aryl methyl sites for hydroxylation is 1. The summed E-state index contributed by atoms with van der Waals surface area (Å²) in [5.41, 5.74) is 4.19. The summed E-state index contributed by atoms with van der Waals surface area (Å²) in [5.74, 6) is 0.987. The van der Waals surface area contributed by atoms with Crippen LogP contribution in [0.3, 0.4) is 0 Å². The Morgan fingerprint density at radius 1 is 1.07 bits per heavy atom. The van der Waals surface area contributed by atoms with Crippen LogP contribution in [0.2, 0.25) is 0 Å². The molecular formula is C31H42N10O2. The normalized spacial score (nSPS) is 17.3. The van der Waals surface area contributed by atoms with Crippen molar-refractivity contribution in [2.45, 2.75) is 83.8 Å². The highest BCUT2D eigenvalue weighted by molar-refractivity contribution is 5.94. The molecule has 43 heavy (non-hydrogen) atoms. The number of carbonyl (C=O) groups is 1. The number of rotatable bonds is 9. The maximum atomic E-state index is 13.2. The van der Waals surface area contributed by atoms with Gasteiger partial charge in [-0.1, -0.05) is 20.8 Å². The lowest BCUT2D eigenvalue weighted by molar-refractivity contribution is -0.122. The van der Waals surface area contributed by atoms with Crippen LogP contribution in [0.25, 0.3) is 22.6 Å². The third kappa shape index (κ3) is 6.90. The van der Waals surface area contributed by atoms with Crippen LogP contribution in [0.5, 0.6) is 0 Å². The monoisotopic (exact) mass is 586 g/mol. The summed E-state index contributed by atoms with van der Waals surface area (Å²) in [6, 6.07) is 2.45. The maximum absolute atomic E-state index is 13.2. The van der Waals surface area contributed by atoms with Gasteiger partial charge in [-0.15, -0.1) is 0 Å². The van der Waals surface area contributed by atoms with Crippen LogP contribution in [0, 0.1) is 0 Å². The molecule has 12 nitrogen and oxygen atoms in total. The summed E-state index contributed by atoms with van der Waals surface area (Å²) in [4.78, 5) is 33.8. The topological polar surface area (TPSA) is 129 Å². The van der Waals surface area contributed by atoms with Crippen LogP contribution in [0.15, 0.2) is 43.2 Å². The van der Waals surface area contributed by atoms with Crippen LogP contribution in [0.4, 0.5) is 11.8 Å². The molecule has 1 aliphatic carbocycles. The van der Waals surface area contributed by atoms with Crippen molar-refractivity contribution in [3.05, 3.63) is 48.8 Å². The second-order valence-corrected chi connectivity index (χ2v) is 12.5. The van der Waals surface area contributed by atoms with Crippen molar-refractivity contribution < 1.29 is 9.53 Å². The van der Waals surface area contributed by atoms with E-state index in [1.165, 1.54) is 7.11 Å². The Morgan fingerprint density at radius 3 is 2.42 bits per heavy atom. The Bertz CT molecular complexity index is 1530. The van der Waals surface area contributed by atoms with E-state index in [1.54, 1.807) is 28.2 Å². The number of hydrogen-bond donors (Lipinski definition) is 1. The number of amides is 1. The zero-order valence-corrected chi connectivity index (χ0v) is 26.2. The predicted molar refractivity (Wildman–Crippen MR) is 166 cm³/mol. The first kappa shape index (κ1) is 30.3. The van der Waals surface area contributed by atoms with E-state index in [0.29, 0.717) is 17.5 Å². The number of carbonyl (C=O) groups excluding carboxylic acids is 1. The fourth-order valence-corrected chi connectivity index (χ4v) is 5.47. The second-order valence-electron chi connectivity index (χ2n) is 12.5. The van der Waals surface area contributed by atoms with Crippen molar-refractivity contribution in [3.63, 3.8) is 0 Å². The van der Waals surface area contributed by atoms with Gasteiger partial charge in [-0.3, -0.25) is 24.0 Å². The van der Waals surface area contributed by atoms with Crippen LogP contribution in [-0.4, -0.2) is 71.2 Å². The molecule has 0 aliphatic heterocycles. The number of ether oxygens (including phenoxy) is 1. The molecule has 1 fully saturated rings. The first-order chi connectivity index (χ1) is 20.5. The zero-order chi connectivity index (χ0) is 30.7. The third-order valence-electron chi connectivity index (χ3n) is 7.79. The molecule has 0 saturated heterocycles. The minimum Gasteiger partial charge on any atom is -0.375 e. The number of anilines is 2. The van der Waals surface area contributed by atoms with Gasteiger partial charge in [0.05, 0.1) is 30.0 Å². The highest BCUT2D eigenvalue weighted by Crippen LogP contribution is 2.33. The molecule has 0 unspecified atom stereocenters. The van der Waals surface area contributed by atoms with Crippen LogP contribution < -0.4 is 10.2 Å². The Morgan fingerprint density at radius 2 is 1.84 bits per heavy atom. The van der Waals surface area contributed by atoms with E-state index < -0.39 is 0 Å². The molecular weight excluding hydrogens is 544 g/mol. The van der Waals surface area contributed by atoms with Crippen molar-refractivity contribution in [1.29, 1.82) is 0 Å². The van der Waals surface area contributed by atoms with Crippen molar-refractivity contribution >= 4 is 17.7 Å². The van der Waals surface area contributed by atoms with Crippen molar-refractivity contribution in [1.82, 2.24) is 39.5 Å². The number of aromatic nitrogens is 8. The van der Waals surface area contributed by atoms with Gasteiger partial charge < -0.3 is 10.1 Å². The molecule has 0 bridgehead atoms. The Balaban J connectivity index is 1.30. The molecule has 0 aromatic carbocycles. The van der Waals surface area contributed by atoms with Crippen molar-refractivity contribution in [2.75, 3.05) is 23.9 Å². The van der Waals surface area contributed by atoms with Gasteiger partial charge in [0.15, 0.2) is 5.82 Å². The van der Waals surface area contributed by atoms with Gasteiger partial charge in [-0.05, 0) is 51.0 Å². The molecule has 0 atom stereocenters. The van der Waals surface area contributed by atoms with Crippen LogP contribution in [0.1, 0.15) is 71.9 Å². The smallest absolute Gasteiger partial charge is 0.254 e. The van der Waals surface area contributed by atoms with E-state index in [9.17, 15) is 4.79 Å². The highest BCUT2D eigenvalue weighted by Gasteiger charge is 2.32. The third-order valence-corrected chi connectivity index (χ3v) is 7.79. The van der Waals surface area contributed by atoms with Gasteiger partial charge in [0, 0.05) is 62.0 Å². The average Bonchev–Trinajstić information content (AvgIpc) is 3.64. The Hall–Kier alpha value is -4.19. The van der Waals surface area contributed by atoms with E-state index in [4.69, 9.17) is 19.8 Å². The number of nitrogens with one attached hydrogen (secondary N) is 1. The molecule has 4 aromatic rings. The molecule has 228 valence electrons.